The Kier molecular flexibility index (Phi) is 8.27. The summed E-state index contributed by atoms with van der Waals surface area (Å²) in [5.41, 5.74) is -0.177. The van der Waals surface area contributed by atoms with Gasteiger partial charge in [0.15, 0.2) is 5.11 Å². The molecule has 2 N–H and O–H groups in total. The molecular weight excluding hydrogens is 354 g/mol. The number of nitrogens with zero attached hydrogens (tertiary/aromatic N) is 1. The summed E-state index contributed by atoms with van der Waals surface area (Å²) in [6, 6.07) is 4.20. The highest BCUT2D eigenvalue weighted by atomic mass is 32.2. The number of benzene rings is 1. The number of carbonyl (C=O) groups excluding carboxylic acids is 1. The molecule has 8 nitrogen and oxygen atoms in total. The summed E-state index contributed by atoms with van der Waals surface area (Å²) >= 11 is 4.91. The monoisotopic (exact) mass is 373 g/mol. The molecule has 0 heterocycles. The number of hydrogen-bond acceptors (Lipinski definition) is 6. The highest BCUT2D eigenvalue weighted by Gasteiger charge is 2.18. The van der Waals surface area contributed by atoms with Crippen LogP contribution in [0.3, 0.4) is 0 Å². The topological polar surface area (TPSA) is 111 Å². The lowest BCUT2D eigenvalue weighted by atomic mass is 10.2. The maximum Gasteiger partial charge on any atom is 0.413 e. The molecule has 1 aromatic rings. The van der Waals surface area contributed by atoms with E-state index in [9.17, 15) is 19.1 Å². The van der Waals surface area contributed by atoms with Gasteiger partial charge in [-0.2, -0.15) is 0 Å². The fourth-order valence-corrected chi connectivity index (χ4v) is 3.16. The van der Waals surface area contributed by atoms with Crippen LogP contribution in [0.15, 0.2) is 23.1 Å². The molecule has 0 aromatic heterocycles. The number of ether oxygens (including phenoxy) is 1. The van der Waals surface area contributed by atoms with Gasteiger partial charge in [-0.1, -0.05) is 13.3 Å². The van der Waals surface area contributed by atoms with Crippen LogP contribution in [0.25, 0.3) is 0 Å². The van der Waals surface area contributed by atoms with Crippen LogP contribution in [0, 0.1) is 10.1 Å². The zero-order valence-electron chi connectivity index (χ0n) is 13.4. The third-order valence-electron chi connectivity index (χ3n) is 2.85. The number of carbonyl (C=O) groups is 1. The van der Waals surface area contributed by atoms with Crippen molar-refractivity contribution >= 4 is 45.6 Å². The van der Waals surface area contributed by atoms with Crippen LogP contribution in [0.2, 0.25) is 0 Å². The van der Waals surface area contributed by atoms with Crippen molar-refractivity contribution in [2.24, 2.45) is 0 Å². The molecule has 0 spiro atoms. The Morgan fingerprint density at radius 2 is 2.12 bits per heavy atom. The number of thiocarbonyl (C=S) groups is 1. The van der Waals surface area contributed by atoms with Crippen molar-refractivity contribution in [1.29, 1.82) is 0 Å². The molecule has 0 saturated carbocycles. The van der Waals surface area contributed by atoms with E-state index in [2.05, 4.69) is 15.4 Å². The molecule has 1 unspecified atom stereocenters. The van der Waals surface area contributed by atoms with E-state index in [-0.39, 0.29) is 23.1 Å². The predicted molar refractivity (Wildman–Crippen MR) is 95.7 cm³/mol. The second kappa shape index (κ2) is 9.93. The zero-order chi connectivity index (χ0) is 18.1. The van der Waals surface area contributed by atoms with Gasteiger partial charge >= 0.3 is 6.09 Å². The van der Waals surface area contributed by atoms with Crippen LogP contribution in [0.4, 0.5) is 16.2 Å². The second-order valence-corrected chi connectivity index (χ2v) is 6.62. The van der Waals surface area contributed by atoms with Gasteiger partial charge in [-0.15, -0.1) is 0 Å². The standard InChI is InChI=1S/C14H19N3O5S2/c1-3-5-8-24(21)10-6-7-11(12(9-10)17(19)20)15-13(23)16-14(18)22-4-2/h6-7,9H,3-5,8H2,1-2H3,(H2,15,16,18,23). The highest BCUT2D eigenvalue weighted by molar-refractivity contribution is 7.85. The first kappa shape index (κ1) is 20.0. The summed E-state index contributed by atoms with van der Waals surface area (Å²) in [7, 11) is -1.30. The predicted octanol–water partition coefficient (Wildman–Crippen LogP) is 2.95. The smallest absolute Gasteiger partial charge is 0.413 e. The Labute approximate surface area is 147 Å². The Balaban J connectivity index is 2.91. The van der Waals surface area contributed by atoms with Gasteiger partial charge in [0.25, 0.3) is 5.69 Å². The molecule has 0 fully saturated rings. The molecule has 1 amide bonds. The van der Waals surface area contributed by atoms with Crippen molar-refractivity contribution < 1.29 is 18.7 Å². The molecule has 1 aromatic carbocycles. The van der Waals surface area contributed by atoms with Gasteiger partial charge in [0.2, 0.25) is 0 Å². The van der Waals surface area contributed by atoms with E-state index in [0.29, 0.717) is 10.6 Å². The Morgan fingerprint density at radius 1 is 1.42 bits per heavy atom. The summed E-state index contributed by atoms with van der Waals surface area (Å²) in [6.07, 6.45) is 0.907. The van der Waals surface area contributed by atoms with Crippen molar-refractivity contribution in [3.8, 4) is 0 Å². The minimum atomic E-state index is -1.30. The molecule has 24 heavy (non-hydrogen) atoms. The number of nitro groups is 1. The van der Waals surface area contributed by atoms with Crippen molar-refractivity contribution in [3.63, 3.8) is 0 Å². The fraction of sp³-hybridized carbons (Fsp3) is 0.429. The summed E-state index contributed by atoms with van der Waals surface area (Å²) in [6.45, 7) is 3.79. The Hall–Kier alpha value is -2.07. The third kappa shape index (κ3) is 6.20. The number of nitrogens with one attached hydrogen (secondary N) is 2. The largest absolute Gasteiger partial charge is 0.450 e. The lowest BCUT2D eigenvalue weighted by Crippen LogP contribution is -2.34. The molecule has 0 aliphatic heterocycles. The zero-order valence-corrected chi connectivity index (χ0v) is 15.0. The molecule has 1 rings (SSSR count). The molecule has 0 aliphatic rings. The van der Waals surface area contributed by atoms with E-state index in [4.69, 9.17) is 12.2 Å². The van der Waals surface area contributed by atoms with Crippen molar-refractivity contribution in [1.82, 2.24) is 5.32 Å². The number of unbranched alkanes of at least 4 members (excludes halogenated alkanes) is 1. The number of anilines is 1. The molecule has 0 saturated heterocycles. The van der Waals surface area contributed by atoms with E-state index in [1.807, 2.05) is 6.92 Å². The van der Waals surface area contributed by atoms with E-state index >= 15 is 0 Å². The number of nitro benzene ring substituents is 1. The maximum atomic E-state index is 12.1. The SMILES string of the molecule is CCCCS(=O)c1ccc(NC(=S)NC(=O)OCC)c([N+](=O)[O-])c1. The van der Waals surface area contributed by atoms with E-state index in [1.54, 1.807) is 6.92 Å². The van der Waals surface area contributed by atoms with Crippen LogP contribution in [-0.2, 0) is 15.5 Å². The molecule has 0 radical (unpaired) electrons. The Bertz CT molecular complexity index is 651. The first-order chi connectivity index (χ1) is 11.4. The summed E-state index contributed by atoms with van der Waals surface area (Å²) < 4.78 is 16.8. The van der Waals surface area contributed by atoms with E-state index in [0.717, 1.165) is 12.8 Å². The number of rotatable bonds is 7. The number of amides is 1. The summed E-state index contributed by atoms with van der Waals surface area (Å²) in [5.74, 6) is 0.448. The first-order valence-corrected chi connectivity index (χ1v) is 9.03. The van der Waals surface area contributed by atoms with Crippen molar-refractivity contribution in [2.75, 3.05) is 17.7 Å². The van der Waals surface area contributed by atoms with Gasteiger partial charge in [0.1, 0.15) is 5.69 Å². The molecule has 10 heteroatoms. The minimum Gasteiger partial charge on any atom is -0.450 e. The van der Waals surface area contributed by atoms with Crippen LogP contribution in [-0.4, -0.2) is 32.7 Å². The molecule has 0 bridgehead atoms. The molecular formula is C14H19N3O5S2. The minimum absolute atomic E-state index is 0.0954. The first-order valence-electron chi connectivity index (χ1n) is 7.30. The van der Waals surface area contributed by atoms with Crippen molar-refractivity contribution in [3.05, 3.63) is 28.3 Å². The van der Waals surface area contributed by atoms with Crippen LogP contribution < -0.4 is 10.6 Å². The van der Waals surface area contributed by atoms with E-state index < -0.39 is 21.8 Å². The van der Waals surface area contributed by atoms with Gasteiger partial charge in [-0.05, 0) is 37.7 Å². The molecule has 1 atom stereocenters. The average molecular weight is 373 g/mol. The van der Waals surface area contributed by atoms with E-state index in [1.165, 1.54) is 18.2 Å². The molecule has 132 valence electrons. The second-order valence-electron chi connectivity index (χ2n) is 4.64. The average Bonchev–Trinajstić information content (AvgIpc) is 2.52. The summed E-state index contributed by atoms with van der Waals surface area (Å²) in [5, 5.41) is 15.9. The third-order valence-corrected chi connectivity index (χ3v) is 4.49. The van der Waals surface area contributed by atoms with Gasteiger partial charge in [0.05, 0.1) is 22.3 Å². The molecule has 0 aliphatic carbocycles. The van der Waals surface area contributed by atoms with Crippen molar-refractivity contribution in [2.45, 2.75) is 31.6 Å². The summed E-state index contributed by atoms with van der Waals surface area (Å²) in [4.78, 5) is 22.3. The van der Waals surface area contributed by atoms with Gasteiger partial charge in [-0.25, -0.2) is 4.79 Å². The highest BCUT2D eigenvalue weighted by Crippen LogP contribution is 2.27. The lowest BCUT2D eigenvalue weighted by Gasteiger charge is -2.10. The lowest BCUT2D eigenvalue weighted by molar-refractivity contribution is -0.384. The van der Waals surface area contributed by atoms with Gasteiger partial charge in [-0.3, -0.25) is 19.6 Å². The van der Waals surface area contributed by atoms with Gasteiger partial charge in [0, 0.05) is 16.7 Å². The maximum absolute atomic E-state index is 12.1. The number of hydrogen-bond donors (Lipinski definition) is 2. The normalized spacial score (nSPS) is 11.4. The van der Waals surface area contributed by atoms with Crippen LogP contribution >= 0.6 is 12.2 Å². The van der Waals surface area contributed by atoms with Gasteiger partial charge < -0.3 is 10.1 Å². The van der Waals surface area contributed by atoms with Crippen LogP contribution in [0.1, 0.15) is 26.7 Å². The van der Waals surface area contributed by atoms with Crippen LogP contribution in [0.5, 0.6) is 0 Å². The quantitative estimate of drug-likeness (QED) is 0.429. The fourth-order valence-electron chi connectivity index (χ4n) is 1.72. The number of alkyl carbamates (subject to hydrolysis) is 1. The Morgan fingerprint density at radius 3 is 2.71 bits per heavy atom.